The predicted octanol–water partition coefficient (Wildman–Crippen LogP) is 1.99. The average Bonchev–Trinajstić information content (AvgIpc) is 2.77. The molecule has 10 heteroatoms. The maximum Gasteiger partial charge on any atom is 0.286 e. The largest absolute Gasteiger partial charge is 0.317 e. The van der Waals surface area contributed by atoms with E-state index in [1.54, 1.807) is 0 Å². The monoisotopic (exact) mass is 335 g/mol. The lowest BCUT2D eigenvalue weighted by atomic mass is 10.3. The van der Waals surface area contributed by atoms with Crippen molar-refractivity contribution in [3.63, 3.8) is 0 Å². The molecule has 1 amide bonds. The lowest BCUT2D eigenvalue weighted by Gasteiger charge is -2.06. The van der Waals surface area contributed by atoms with E-state index in [-0.39, 0.29) is 20.1 Å². The highest BCUT2D eigenvalue weighted by Gasteiger charge is 2.16. The van der Waals surface area contributed by atoms with Crippen molar-refractivity contribution in [3.8, 4) is 0 Å². The molecule has 2 aromatic rings. The molecule has 1 N–H and O–H groups in total. The van der Waals surface area contributed by atoms with Crippen LogP contribution in [-0.4, -0.2) is 30.8 Å². The molecule has 0 atom stereocenters. The van der Waals surface area contributed by atoms with Crippen LogP contribution in [0.5, 0.6) is 0 Å². The number of hydrogen-bond acceptors (Lipinski definition) is 6. The van der Waals surface area contributed by atoms with Crippen LogP contribution in [0.25, 0.3) is 0 Å². The first kappa shape index (κ1) is 14.8. The summed E-state index contributed by atoms with van der Waals surface area (Å²) >= 11 is 6.36. The van der Waals surface area contributed by atoms with Gasteiger partial charge in [0, 0.05) is 6.26 Å². The molecule has 0 radical (unpaired) electrons. The third-order valence-corrected chi connectivity index (χ3v) is 4.34. The Kier molecular flexibility index (Phi) is 4.02. The van der Waals surface area contributed by atoms with Crippen molar-refractivity contribution in [2.75, 3.05) is 11.6 Å². The van der Waals surface area contributed by atoms with Crippen LogP contribution >= 0.6 is 22.9 Å². The van der Waals surface area contributed by atoms with Gasteiger partial charge in [0.2, 0.25) is 9.47 Å². The van der Waals surface area contributed by atoms with Gasteiger partial charge < -0.3 is 5.32 Å². The quantitative estimate of drug-likeness (QED) is 0.866. The van der Waals surface area contributed by atoms with Gasteiger partial charge in [0.15, 0.2) is 9.84 Å². The highest BCUT2D eigenvalue weighted by atomic mass is 35.5. The van der Waals surface area contributed by atoms with Gasteiger partial charge in [0.1, 0.15) is 5.82 Å². The molecule has 6 nitrogen and oxygen atoms in total. The van der Waals surface area contributed by atoms with E-state index >= 15 is 0 Å². The summed E-state index contributed by atoms with van der Waals surface area (Å²) in [5.74, 6) is -1.49. The summed E-state index contributed by atoms with van der Waals surface area (Å²) in [7, 11) is -3.50. The number of nitrogens with zero attached hydrogens (tertiary/aromatic N) is 2. The van der Waals surface area contributed by atoms with Crippen molar-refractivity contribution in [3.05, 3.63) is 33.5 Å². The highest BCUT2D eigenvalue weighted by Crippen LogP contribution is 2.21. The summed E-state index contributed by atoms with van der Waals surface area (Å²) in [6, 6.07) is 3.10. The molecule has 0 saturated heterocycles. The van der Waals surface area contributed by atoms with Crippen LogP contribution < -0.4 is 5.32 Å². The minimum absolute atomic E-state index is 0.0563. The first-order chi connectivity index (χ1) is 9.27. The molecule has 0 bridgehead atoms. The summed E-state index contributed by atoms with van der Waals surface area (Å²) in [6.07, 6.45) is 0.982. The van der Waals surface area contributed by atoms with Crippen LogP contribution in [0.3, 0.4) is 0 Å². The Hall–Kier alpha value is -1.58. The Morgan fingerprint density at radius 3 is 2.65 bits per heavy atom. The number of sulfone groups is 1. The van der Waals surface area contributed by atoms with Crippen LogP contribution in [0, 0.1) is 5.82 Å². The molecule has 0 fully saturated rings. The predicted molar refractivity (Wildman–Crippen MR) is 72.4 cm³/mol. The van der Waals surface area contributed by atoms with Crippen LogP contribution in [0.15, 0.2) is 23.1 Å². The highest BCUT2D eigenvalue weighted by molar-refractivity contribution is 7.90. The van der Waals surface area contributed by atoms with Crippen molar-refractivity contribution in [2.24, 2.45) is 0 Å². The third-order valence-electron chi connectivity index (χ3n) is 2.21. The number of hydrogen-bond donors (Lipinski definition) is 1. The molecule has 0 aliphatic carbocycles. The Labute approximate surface area is 122 Å². The molecule has 106 valence electrons. The van der Waals surface area contributed by atoms with Crippen molar-refractivity contribution < 1.29 is 17.6 Å². The Morgan fingerprint density at radius 2 is 2.10 bits per heavy atom. The Bertz CT molecular complexity index is 776. The maximum atomic E-state index is 13.6. The molecule has 20 heavy (non-hydrogen) atoms. The molecular formula is C10H7ClFN3O3S2. The van der Waals surface area contributed by atoms with E-state index < -0.39 is 21.6 Å². The molecular weight excluding hydrogens is 329 g/mol. The summed E-state index contributed by atoms with van der Waals surface area (Å²) in [5, 5.41) is 9.11. The van der Waals surface area contributed by atoms with Gasteiger partial charge in [0.05, 0.1) is 10.6 Å². The number of rotatable bonds is 3. The summed E-state index contributed by atoms with van der Waals surface area (Å²) in [5.41, 5.74) is -0.260. The topological polar surface area (TPSA) is 89.0 Å². The molecule has 0 saturated carbocycles. The lowest BCUT2D eigenvalue weighted by Crippen LogP contribution is -2.13. The number of amides is 1. The zero-order valence-electron chi connectivity index (χ0n) is 9.92. The van der Waals surface area contributed by atoms with Crippen LogP contribution in [0.1, 0.15) is 9.80 Å². The standard InChI is InChI=1S/C10H7ClFN3O3S2/c1-20(17,18)5-2-3-6(12)7(4-5)13-8(16)9-14-15-10(11)19-9/h2-4H,1H3,(H,13,16). The average molecular weight is 336 g/mol. The van der Waals surface area contributed by atoms with Gasteiger partial charge in [-0.05, 0) is 29.8 Å². The van der Waals surface area contributed by atoms with Gasteiger partial charge in [-0.1, -0.05) is 11.3 Å². The molecule has 0 aliphatic rings. The number of nitrogens with one attached hydrogen (secondary N) is 1. The second kappa shape index (κ2) is 5.43. The number of halogens is 2. The minimum atomic E-state index is -3.50. The smallest absolute Gasteiger partial charge is 0.286 e. The normalized spacial score (nSPS) is 11.3. The van der Waals surface area contributed by atoms with Crippen LogP contribution in [0.2, 0.25) is 4.47 Å². The van der Waals surface area contributed by atoms with Crippen LogP contribution in [-0.2, 0) is 9.84 Å². The van der Waals surface area contributed by atoms with Crippen molar-refractivity contribution in [1.29, 1.82) is 0 Å². The molecule has 2 rings (SSSR count). The molecule has 0 spiro atoms. The lowest BCUT2D eigenvalue weighted by molar-refractivity contribution is 0.102. The fraction of sp³-hybridized carbons (Fsp3) is 0.100. The van der Waals surface area contributed by atoms with E-state index in [0.717, 1.165) is 35.8 Å². The van der Waals surface area contributed by atoms with Gasteiger partial charge in [-0.3, -0.25) is 4.79 Å². The molecule has 0 aliphatic heterocycles. The SMILES string of the molecule is CS(=O)(=O)c1ccc(F)c(NC(=O)c2nnc(Cl)s2)c1. The minimum Gasteiger partial charge on any atom is -0.317 e. The van der Waals surface area contributed by atoms with Crippen molar-refractivity contribution >= 4 is 44.4 Å². The van der Waals surface area contributed by atoms with Crippen molar-refractivity contribution in [1.82, 2.24) is 10.2 Å². The number of anilines is 1. The number of carbonyl (C=O) groups excluding carboxylic acids is 1. The van der Waals surface area contributed by atoms with E-state index in [0.29, 0.717) is 0 Å². The van der Waals surface area contributed by atoms with E-state index in [1.807, 2.05) is 0 Å². The first-order valence-corrected chi connectivity index (χ1v) is 8.16. The van der Waals surface area contributed by atoms with Crippen LogP contribution in [0.4, 0.5) is 10.1 Å². The molecule has 1 aromatic carbocycles. The summed E-state index contributed by atoms with van der Waals surface area (Å²) in [4.78, 5) is 11.7. The second-order valence-electron chi connectivity index (χ2n) is 3.73. The zero-order valence-corrected chi connectivity index (χ0v) is 12.3. The zero-order chi connectivity index (χ0) is 14.9. The maximum absolute atomic E-state index is 13.6. The van der Waals surface area contributed by atoms with E-state index in [9.17, 15) is 17.6 Å². The fourth-order valence-corrected chi connectivity index (χ4v) is 2.67. The summed E-state index contributed by atoms with van der Waals surface area (Å²) < 4.78 is 36.4. The molecule has 1 heterocycles. The summed E-state index contributed by atoms with van der Waals surface area (Å²) in [6.45, 7) is 0. The van der Waals surface area contributed by atoms with Gasteiger partial charge in [-0.15, -0.1) is 10.2 Å². The van der Waals surface area contributed by atoms with E-state index in [4.69, 9.17) is 11.6 Å². The Balaban J connectivity index is 2.31. The second-order valence-corrected chi connectivity index (χ2v) is 7.30. The number of aromatic nitrogens is 2. The Morgan fingerprint density at radius 1 is 1.40 bits per heavy atom. The van der Waals surface area contributed by atoms with E-state index in [2.05, 4.69) is 15.5 Å². The molecule has 0 unspecified atom stereocenters. The van der Waals surface area contributed by atoms with Gasteiger partial charge in [-0.2, -0.15) is 0 Å². The number of benzene rings is 1. The molecule has 1 aromatic heterocycles. The van der Waals surface area contributed by atoms with Crippen molar-refractivity contribution in [2.45, 2.75) is 4.90 Å². The first-order valence-electron chi connectivity index (χ1n) is 5.07. The fourth-order valence-electron chi connectivity index (χ4n) is 1.30. The third kappa shape index (κ3) is 3.30. The van der Waals surface area contributed by atoms with Gasteiger partial charge in [-0.25, -0.2) is 12.8 Å². The van der Waals surface area contributed by atoms with Gasteiger partial charge in [0.25, 0.3) is 5.91 Å². The van der Waals surface area contributed by atoms with E-state index in [1.165, 1.54) is 0 Å². The number of carbonyl (C=O) groups is 1. The van der Waals surface area contributed by atoms with Gasteiger partial charge >= 0.3 is 0 Å².